The zero-order valence-corrected chi connectivity index (χ0v) is 8.08. The summed E-state index contributed by atoms with van der Waals surface area (Å²) in [4.78, 5) is 23.8. The fraction of sp³-hybridized carbons (Fsp3) is 0.556. The van der Waals surface area contributed by atoms with Gasteiger partial charge in [0, 0.05) is 26.2 Å². The van der Waals surface area contributed by atoms with Gasteiger partial charge in [-0.15, -0.1) is 0 Å². The van der Waals surface area contributed by atoms with Gasteiger partial charge in [-0.2, -0.15) is 0 Å². The van der Waals surface area contributed by atoms with Gasteiger partial charge in [-0.25, -0.2) is 0 Å². The van der Waals surface area contributed by atoms with Crippen LogP contribution in [-0.2, 0) is 9.59 Å². The van der Waals surface area contributed by atoms with Crippen LogP contribution in [0.25, 0.3) is 0 Å². The SMILES string of the molecule is C=CC(=O)NCCN1CCNC(=O)C1. The van der Waals surface area contributed by atoms with E-state index >= 15 is 0 Å². The topological polar surface area (TPSA) is 61.4 Å². The molecule has 1 aliphatic heterocycles. The Labute approximate surface area is 83.1 Å². The van der Waals surface area contributed by atoms with Crippen LogP contribution in [0.2, 0.25) is 0 Å². The highest BCUT2D eigenvalue weighted by Crippen LogP contribution is 1.91. The molecule has 2 N–H and O–H groups in total. The molecule has 0 saturated carbocycles. The summed E-state index contributed by atoms with van der Waals surface area (Å²) in [6.45, 7) is 6.56. The number of hydrogen-bond acceptors (Lipinski definition) is 3. The fourth-order valence-electron chi connectivity index (χ4n) is 1.29. The lowest BCUT2D eigenvalue weighted by Gasteiger charge is -2.26. The molecule has 0 bridgehead atoms. The number of carbonyl (C=O) groups is 2. The van der Waals surface area contributed by atoms with Crippen molar-refractivity contribution in [3.05, 3.63) is 12.7 Å². The Morgan fingerprint density at radius 3 is 3.14 bits per heavy atom. The third-order valence-corrected chi connectivity index (χ3v) is 2.03. The summed E-state index contributed by atoms with van der Waals surface area (Å²) >= 11 is 0. The molecule has 78 valence electrons. The van der Waals surface area contributed by atoms with Gasteiger partial charge < -0.3 is 10.6 Å². The molecular formula is C9H15N3O2. The highest BCUT2D eigenvalue weighted by molar-refractivity contribution is 5.86. The molecule has 5 heteroatoms. The lowest BCUT2D eigenvalue weighted by atomic mass is 10.3. The van der Waals surface area contributed by atoms with E-state index in [1.54, 1.807) is 0 Å². The summed E-state index contributed by atoms with van der Waals surface area (Å²) in [5.74, 6) is -0.127. The highest BCUT2D eigenvalue weighted by Gasteiger charge is 2.14. The monoisotopic (exact) mass is 197 g/mol. The maximum atomic E-state index is 11.0. The summed E-state index contributed by atoms with van der Waals surface area (Å²) in [5.41, 5.74) is 0. The molecule has 14 heavy (non-hydrogen) atoms. The Bertz CT molecular complexity index is 240. The molecule has 0 aromatic carbocycles. The first-order valence-corrected chi connectivity index (χ1v) is 4.61. The number of amides is 2. The Kier molecular flexibility index (Phi) is 4.12. The van der Waals surface area contributed by atoms with E-state index in [1.807, 2.05) is 4.90 Å². The normalized spacial score (nSPS) is 17.3. The number of nitrogens with zero attached hydrogens (tertiary/aromatic N) is 1. The molecule has 1 saturated heterocycles. The molecule has 5 nitrogen and oxygen atoms in total. The van der Waals surface area contributed by atoms with Crippen LogP contribution < -0.4 is 10.6 Å². The summed E-state index contributed by atoms with van der Waals surface area (Å²) < 4.78 is 0. The van der Waals surface area contributed by atoms with Gasteiger partial charge in [0.2, 0.25) is 11.8 Å². The van der Waals surface area contributed by atoms with Gasteiger partial charge in [-0.05, 0) is 6.08 Å². The van der Waals surface area contributed by atoms with Crippen molar-refractivity contribution >= 4 is 11.8 Å². The lowest BCUT2D eigenvalue weighted by Crippen LogP contribution is -2.49. The summed E-state index contributed by atoms with van der Waals surface area (Å²) in [6, 6.07) is 0. The average Bonchev–Trinajstić information content (AvgIpc) is 2.17. The number of piperazine rings is 1. The third kappa shape index (κ3) is 3.57. The molecule has 0 spiro atoms. The van der Waals surface area contributed by atoms with Crippen LogP contribution in [0, 0.1) is 0 Å². The molecule has 0 unspecified atom stereocenters. The Hall–Kier alpha value is -1.36. The Morgan fingerprint density at radius 1 is 1.71 bits per heavy atom. The number of carbonyl (C=O) groups excluding carboxylic acids is 2. The van der Waals surface area contributed by atoms with E-state index in [0.29, 0.717) is 26.2 Å². The zero-order chi connectivity index (χ0) is 10.4. The quantitative estimate of drug-likeness (QED) is 0.552. The molecule has 1 aliphatic rings. The maximum Gasteiger partial charge on any atom is 0.243 e. The van der Waals surface area contributed by atoms with E-state index in [4.69, 9.17) is 0 Å². The Morgan fingerprint density at radius 2 is 2.50 bits per heavy atom. The first kappa shape index (κ1) is 10.7. The van der Waals surface area contributed by atoms with Gasteiger partial charge in [0.15, 0.2) is 0 Å². The van der Waals surface area contributed by atoms with Crippen LogP contribution in [0.1, 0.15) is 0 Å². The molecule has 0 aromatic heterocycles. The fourth-order valence-corrected chi connectivity index (χ4v) is 1.29. The number of nitrogens with one attached hydrogen (secondary N) is 2. The molecule has 0 aromatic rings. The second kappa shape index (κ2) is 5.39. The van der Waals surface area contributed by atoms with E-state index in [1.165, 1.54) is 6.08 Å². The zero-order valence-electron chi connectivity index (χ0n) is 8.08. The minimum atomic E-state index is -0.175. The van der Waals surface area contributed by atoms with Crippen molar-refractivity contribution in [3.8, 4) is 0 Å². The van der Waals surface area contributed by atoms with Crippen LogP contribution in [0.5, 0.6) is 0 Å². The third-order valence-electron chi connectivity index (χ3n) is 2.03. The minimum absolute atomic E-state index is 0.0475. The molecule has 2 amide bonds. The van der Waals surface area contributed by atoms with Gasteiger partial charge in [0.05, 0.1) is 6.54 Å². The van der Waals surface area contributed by atoms with Crippen LogP contribution in [0.4, 0.5) is 0 Å². The smallest absolute Gasteiger partial charge is 0.243 e. The molecule has 0 radical (unpaired) electrons. The minimum Gasteiger partial charge on any atom is -0.354 e. The predicted octanol–water partition coefficient (Wildman–Crippen LogP) is -1.28. The highest BCUT2D eigenvalue weighted by atomic mass is 16.2. The average molecular weight is 197 g/mol. The van der Waals surface area contributed by atoms with Crippen LogP contribution in [-0.4, -0.2) is 49.4 Å². The first-order chi connectivity index (χ1) is 6.72. The lowest BCUT2D eigenvalue weighted by molar-refractivity contribution is -0.124. The van der Waals surface area contributed by atoms with E-state index in [9.17, 15) is 9.59 Å². The van der Waals surface area contributed by atoms with E-state index in [2.05, 4.69) is 17.2 Å². The number of hydrogen-bond donors (Lipinski definition) is 2. The first-order valence-electron chi connectivity index (χ1n) is 4.61. The van der Waals surface area contributed by atoms with Crippen LogP contribution >= 0.6 is 0 Å². The summed E-state index contributed by atoms with van der Waals surface area (Å²) in [6.07, 6.45) is 1.24. The van der Waals surface area contributed by atoms with E-state index in [0.717, 1.165) is 6.54 Å². The van der Waals surface area contributed by atoms with Crippen molar-refractivity contribution in [2.45, 2.75) is 0 Å². The van der Waals surface area contributed by atoms with Crippen LogP contribution in [0.15, 0.2) is 12.7 Å². The molecule has 1 rings (SSSR count). The predicted molar refractivity (Wildman–Crippen MR) is 52.7 cm³/mol. The van der Waals surface area contributed by atoms with Crippen molar-refractivity contribution in [1.29, 1.82) is 0 Å². The standard InChI is InChI=1S/C9H15N3O2/c1-2-8(13)10-3-5-12-6-4-11-9(14)7-12/h2H,1,3-7H2,(H,10,13)(H,11,14). The van der Waals surface area contributed by atoms with Gasteiger partial charge in [0.1, 0.15) is 0 Å². The van der Waals surface area contributed by atoms with Crippen molar-refractivity contribution in [2.75, 3.05) is 32.7 Å². The second-order valence-electron chi connectivity index (χ2n) is 3.12. The molecule has 0 atom stereocenters. The maximum absolute atomic E-state index is 11.0. The molecule has 1 heterocycles. The summed E-state index contributed by atoms with van der Waals surface area (Å²) in [7, 11) is 0. The van der Waals surface area contributed by atoms with Gasteiger partial charge in [0.25, 0.3) is 0 Å². The molecule has 1 fully saturated rings. The van der Waals surface area contributed by atoms with Crippen molar-refractivity contribution < 1.29 is 9.59 Å². The van der Waals surface area contributed by atoms with Crippen molar-refractivity contribution in [2.24, 2.45) is 0 Å². The second-order valence-corrected chi connectivity index (χ2v) is 3.12. The summed E-state index contributed by atoms with van der Waals surface area (Å²) in [5, 5.41) is 5.40. The van der Waals surface area contributed by atoms with E-state index < -0.39 is 0 Å². The van der Waals surface area contributed by atoms with Gasteiger partial charge in [-0.3, -0.25) is 14.5 Å². The Balaban J connectivity index is 2.14. The largest absolute Gasteiger partial charge is 0.354 e. The van der Waals surface area contributed by atoms with Gasteiger partial charge >= 0.3 is 0 Å². The van der Waals surface area contributed by atoms with E-state index in [-0.39, 0.29) is 11.8 Å². The van der Waals surface area contributed by atoms with Crippen molar-refractivity contribution in [1.82, 2.24) is 15.5 Å². The molecule has 0 aliphatic carbocycles. The molecular weight excluding hydrogens is 182 g/mol. The van der Waals surface area contributed by atoms with Crippen LogP contribution in [0.3, 0.4) is 0 Å². The van der Waals surface area contributed by atoms with Crippen molar-refractivity contribution in [3.63, 3.8) is 0 Å². The van der Waals surface area contributed by atoms with Gasteiger partial charge in [-0.1, -0.05) is 6.58 Å². The number of rotatable bonds is 4.